The third-order valence-corrected chi connectivity index (χ3v) is 5.49. The fraction of sp³-hybridized carbons (Fsp3) is 0.190. The second-order valence-electron chi connectivity index (χ2n) is 6.85. The molecule has 0 fully saturated rings. The largest absolute Gasteiger partial charge is 0.495 e. The average molecular weight is 462 g/mol. The maximum atomic E-state index is 12.8. The lowest BCUT2D eigenvalue weighted by Gasteiger charge is -2.32. The lowest BCUT2D eigenvalue weighted by atomic mass is 9.96. The van der Waals surface area contributed by atoms with Crippen molar-refractivity contribution in [1.82, 2.24) is 10.2 Å². The Morgan fingerprint density at radius 3 is 2.65 bits per heavy atom. The second-order valence-corrected chi connectivity index (χ2v) is 7.70. The second kappa shape index (κ2) is 8.49. The summed E-state index contributed by atoms with van der Waals surface area (Å²) in [5, 5.41) is 6.31. The molecule has 0 aliphatic carbocycles. The number of carbonyl (C=O) groups is 3. The molecule has 2 heterocycles. The van der Waals surface area contributed by atoms with E-state index in [2.05, 4.69) is 10.6 Å². The van der Waals surface area contributed by atoms with Crippen molar-refractivity contribution in [2.45, 2.75) is 6.04 Å². The van der Waals surface area contributed by atoms with Crippen molar-refractivity contribution >= 4 is 46.8 Å². The van der Waals surface area contributed by atoms with Crippen molar-refractivity contribution in [3.63, 3.8) is 0 Å². The van der Waals surface area contributed by atoms with Crippen LogP contribution in [0.15, 0.2) is 53.7 Å². The molecule has 1 unspecified atom stereocenters. The van der Waals surface area contributed by atoms with Crippen molar-refractivity contribution in [1.29, 1.82) is 0 Å². The molecule has 1 atom stereocenters. The van der Waals surface area contributed by atoms with Crippen LogP contribution in [0, 0.1) is 0 Å². The molecule has 2 aliphatic rings. The molecule has 160 valence electrons. The maximum absolute atomic E-state index is 12.8. The molecule has 0 saturated carbocycles. The molecule has 2 N–H and O–H groups in total. The molecule has 2 aliphatic heterocycles. The summed E-state index contributed by atoms with van der Waals surface area (Å²) in [4.78, 5) is 38.9. The Morgan fingerprint density at radius 1 is 1.23 bits per heavy atom. The van der Waals surface area contributed by atoms with Crippen LogP contribution >= 0.6 is 23.2 Å². The number of nitrogens with one attached hydrogen (secondary N) is 2. The smallest absolute Gasteiger partial charge is 0.338 e. The number of ether oxygens (including phenoxy) is 2. The average Bonchev–Trinajstić information content (AvgIpc) is 3.12. The minimum absolute atomic E-state index is 0.0900. The van der Waals surface area contributed by atoms with Gasteiger partial charge in [0.25, 0.3) is 0 Å². The molecular weight excluding hydrogens is 445 g/mol. The summed E-state index contributed by atoms with van der Waals surface area (Å²) in [6.45, 7) is -0.397. The summed E-state index contributed by atoms with van der Waals surface area (Å²) >= 11 is 12.0. The summed E-state index contributed by atoms with van der Waals surface area (Å²) in [5.41, 5.74) is 1.78. The lowest BCUT2D eigenvalue weighted by Crippen LogP contribution is -2.49. The first-order valence-electron chi connectivity index (χ1n) is 9.24. The number of nitrogens with zero attached hydrogens (tertiary/aromatic N) is 1. The van der Waals surface area contributed by atoms with Crippen molar-refractivity contribution in [2.75, 3.05) is 25.6 Å². The van der Waals surface area contributed by atoms with Crippen molar-refractivity contribution in [3.8, 4) is 5.75 Å². The third-order valence-electron chi connectivity index (χ3n) is 4.94. The molecule has 0 aromatic heterocycles. The fourth-order valence-corrected chi connectivity index (χ4v) is 3.86. The van der Waals surface area contributed by atoms with Crippen LogP contribution in [0.2, 0.25) is 10.0 Å². The molecule has 0 spiro atoms. The van der Waals surface area contributed by atoms with E-state index in [0.717, 1.165) is 0 Å². The number of urea groups is 1. The first kappa shape index (κ1) is 21.0. The van der Waals surface area contributed by atoms with Crippen LogP contribution in [0.5, 0.6) is 5.75 Å². The van der Waals surface area contributed by atoms with E-state index in [-0.39, 0.29) is 13.2 Å². The number of halogens is 2. The van der Waals surface area contributed by atoms with Gasteiger partial charge in [-0.15, -0.1) is 0 Å². The molecule has 3 amide bonds. The summed E-state index contributed by atoms with van der Waals surface area (Å²) in [7, 11) is 1.49. The number of methoxy groups -OCH3 is 1. The summed E-state index contributed by atoms with van der Waals surface area (Å²) in [5.74, 6) is -0.533. The van der Waals surface area contributed by atoms with Gasteiger partial charge in [-0.25, -0.2) is 9.59 Å². The van der Waals surface area contributed by atoms with E-state index in [0.29, 0.717) is 38.3 Å². The lowest BCUT2D eigenvalue weighted by molar-refractivity contribution is -0.136. The minimum Gasteiger partial charge on any atom is -0.495 e. The van der Waals surface area contributed by atoms with Crippen LogP contribution in [-0.4, -0.2) is 43.1 Å². The van der Waals surface area contributed by atoms with Crippen molar-refractivity contribution < 1.29 is 23.9 Å². The van der Waals surface area contributed by atoms with E-state index >= 15 is 0 Å². The van der Waals surface area contributed by atoms with E-state index in [1.807, 2.05) is 0 Å². The quantitative estimate of drug-likeness (QED) is 0.663. The Hall–Kier alpha value is -3.23. The molecule has 2 aromatic rings. The van der Waals surface area contributed by atoms with Gasteiger partial charge in [-0.2, -0.15) is 0 Å². The van der Waals surface area contributed by atoms with Crippen LogP contribution in [0.1, 0.15) is 11.6 Å². The predicted molar refractivity (Wildman–Crippen MR) is 114 cm³/mol. The van der Waals surface area contributed by atoms with Gasteiger partial charge in [0.2, 0.25) is 5.91 Å². The van der Waals surface area contributed by atoms with Crippen LogP contribution in [0.4, 0.5) is 10.5 Å². The number of rotatable bonds is 5. The van der Waals surface area contributed by atoms with Gasteiger partial charge in [0.05, 0.1) is 29.4 Å². The Bertz CT molecular complexity index is 1100. The normalized spacial score (nSPS) is 17.8. The molecular formula is C21H17Cl2N3O5. The highest BCUT2D eigenvalue weighted by Gasteiger charge is 2.42. The Morgan fingerprint density at radius 2 is 1.97 bits per heavy atom. The number of anilines is 1. The molecule has 0 radical (unpaired) electrons. The van der Waals surface area contributed by atoms with Crippen LogP contribution in [0.25, 0.3) is 0 Å². The summed E-state index contributed by atoms with van der Waals surface area (Å²) in [6.07, 6.45) is 0. The highest BCUT2D eigenvalue weighted by atomic mass is 35.5. The number of esters is 1. The number of hydrogen-bond donors (Lipinski definition) is 2. The Labute approximate surface area is 187 Å². The van der Waals surface area contributed by atoms with E-state index in [9.17, 15) is 14.4 Å². The molecule has 0 saturated heterocycles. The van der Waals surface area contributed by atoms with Crippen LogP contribution in [0.3, 0.4) is 0 Å². The number of hydrogen-bond acceptors (Lipinski definition) is 5. The zero-order valence-corrected chi connectivity index (χ0v) is 17.8. The zero-order valence-electron chi connectivity index (χ0n) is 16.3. The fourth-order valence-electron chi connectivity index (χ4n) is 3.47. The monoisotopic (exact) mass is 461 g/mol. The van der Waals surface area contributed by atoms with Crippen LogP contribution in [-0.2, 0) is 14.3 Å². The number of benzene rings is 2. The van der Waals surface area contributed by atoms with E-state index in [1.165, 1.54) is 18.1 Å². The number of carbonyl (C=O) groups excluding carboxylic acids is 3. The van der Waals surface area contributed by atoms with Gasteiger partial charge in [-0.1, -0.05) is 35.3 Å². The van der Waals surface area contributed by atoms with Gasteiger partial charge in [0, 0.05) is 10.7 Å². The summed E-state index contributed by atoms with van der Waals surface area (Å²) in [6, 6.07) is 10.4. The van der Waals surface area contributed by atoms with Gasteiger partial charge in [-0.05, 0) is 35.9 Å². The van der Waals surface area contributed by atoms with Crippen molar-refractivity contribution in [2.24, 2.45) is 0 Å². The van der Waals surface area contributed by atoms with Gasteiger partial charge in [0.1, 0.15) is 18.9 Å². The van der Waals surface area contributed by atoms with Crippen molar-refractivity contribution in [3.05, 3.63) is 69.3 Å². The Balaban J connectivity index is 1.56. The number of amides is 3. The molecule has 10 heteroatoms. The number of cyclic esters (lactones) is 1. The molecule has 8 nitrogen and oxygen atoms in total. The zero-order chi connectivity index (χ0) is 22.1. The van der Waals surface area contributed by atoms with Gasteiger partial charge in [-0.3, -0.25) is 9.69 Å². The highest BCUT2D eigenvalue weighted by Crippen LogP contribution is 2.35. The molecule has 2 aromatic carbocycles. The molecule has 4 rings (SSSR count). The highest BCUT2D eigenvalue weighted by molar-refractivity contribution is 6.32. The summed E-state index contributed by atoms with van der Waals surface area (Å²) < 4.78 is 10.2. The van der Waals surface area contributed by atoms with E-state index in [1.54, 1.807) is 36.4 Å². The predicted octanol–water partition coefficient (Wildman–Crippen LogP) is 3.52. The maximum Gasteiger partial charge on any atom is 0.338 e. The van der Waals surface area contributed by atoms with Gasteiger partial charge < -0.3 is 20.1 Å². The van der Waals surface area contributed by atoms with E-state index in [4.69, 9.17) is 32.7 Å². The standard InChI is InChI=1S/C21H17Cl2N3O5/c1-30-16-7-6-13(8-14(16)23)24-17(27)9-26-15-10-31-20(28)18(15)19(25-21(26)29)11-2-4-12(22)5-3-11/h2-8,19H,9-10H2,1H3,(H,24,27)(H,25,29). The first-order valence-corrected chi connectivity index (χ1v) is 10.00. The van der Waals surface area contributed by atoms with Gasteiger partial charge in [0.15, 0.2) is 0 Å². The van der Waals surface area contributed by atoms with E-state index < -0.39 is 23.9 Å². The molecule has 31 heavy (non-hydrogen) atoms. The Kier molecular flexibility index (Phi) is 5.75. The van der Waals surface area contributed by atoms with Gasteiger partial charge >= 0.3 is 12.0 Å². The topological polar surface area (TPSA) is 97.0 Å². The molecule has 0 bridgehead atoms. The third kappa shape index (κ3) is 4.17. The first-order chi connectivity index (χ1) is 14.9. The van der Waals surface area contributed by atoms with Crippen LogP contribution < -0.4 is 15.4 Å². The minimum atomic E-state index is -0.686. The SMILES string of the molecule is COc1ccc(NC(=O)CN2C(=O)NC(c3ccc(Cl)cc3)C3=C2COC3=O)cc1Cl.